The number of rotatable bonds is 9. The van der Waals surface area contributed by atoms with Gasteiger partial charge in [-0.15, -0.1) is 5.10 Å². The van der Waals surface area contributed by atoms with Gasteiger partial charge in [-0.3, -0.25) is 4.79 Å². The van der Waals surface area contributed by atoms with Crippen molar-refractivity contribution < 1.29 is 14.6 Å². The summed E-state index contributed by atoms with van der Waals surface area (Å²) < 4.78 is 7.42. The van der Waals surface area contributed by atoms with E-state index in [9.17, 15) is 9.90 Å². The molecule has 1 heterocycles. The number of carbonyl (C=O) groups is 1. The second kappa shape index (κ2) is 9.77. The number of carbonyl (C=O) groups excluding carboxylic acids is 1. The van der Waals surface area contributed by atoms with Gasteiger partial charge in [-0.25, -0.2) is 4.68 Å². The third kappa shape index (κ3) is 5.03. The largest absolute Gasteiger partial charge is 0.388 e. The fraction of sp³-hybridized carbons (Fsp3) is 0.286. The molecule has 2 N–H and O–H groups in total. The maximum Gasteiger partial charge on any atom is 0.251 e. The van der Waals surface area contributed by atoms with E-state index < -0.39 is 12.2 Å². The molecule has 0 saturated heterocycles. The van der Waals surface area contributed by atoms with E-state index in [1.54, 1.807) is 35.1 Å². The van der Waals surface area contributed by atoms with Crippen LogP contribution in [0.25, 0.3) is 11.3 Å². The summed E-state index contributed by atoms with van der Waals surface area (Å²) in [5, 5.41) is 21.5. The molecule has 2 atom stereocenters. The maximum atomic E-state index is 12.2. The smallest absolute Gasteiger partial charge is 0.251 e. The average molecular weight is 380 g/mol. The van der Waals surface area contributed by atoms with Crippen LogP contribution in [-0.4, -0.2) is 51.4 Å². The maximum absolute atomic E-state index is 12.2. The van der Waals surface area contributed by atoms with Crippen LogP contribution in [0, 0.1) is 0 Å². The molecule has 0 fully saturated rings. The quantitative estimate of drug-likeness (QED) is 0.594. The molecule has 0 aliphatic rings. The average Bonchev–Trinajstić information content (AvgIpc) is 3.21. The molecule has 0 unspecified atom stereocenters. The normalized spacial score (nSPS) is 13.1. The fourth-order valence-electron chi connectivity index (χ4n) is 2.92. The number of hydrogen-bond acceptors (Lipinski definition) is 5. The van der Waals surface area contributed by atoms with Crippen LogP contribution in [0.15, 0.2) is 66.9 Å². The minimum absolute atomic E-state index is 0.0771. The Morgan fingerprint density at radius 3 is 2.50 bits per heavy atom. The van der Waals surface area contributed by atoms with Crippen molar-refractivity contribution >= 4 is 5.91 Å². The number of hydrogen-bond donors (Lipinski definition) is 2. The highest BCUT2D eigenvalue weighted by Crippen LogP contribution is 2.18. The van der Waals surface area contributed by atoms with Crippen LogP contribution >= 0.6 is 0 Å². The molecule has 0 spiro atoms. The highest BCUT2D eigenvalue weighted by atomic mass is 16.5. The summed E-state index contributed by atoms with van der Waals surface area (Å²) in [6.45, 7) is 2.69. The van der Waals surface area contributed by atoms with Crippen LogP contribution in [0.2, 0.25) is 0 Å². The van der Waals surface area contributed by atoms with Gasteiger partial charge in [0.1, 0.15) is 6.10 Å². The summed E-state index contributed by atoms with van der Waals surface area (Å²) in [6.07, 6.45) is 0.257. The van der Waals surface area contributed by atoms with Gasteiger partial charge in [0.15, 0.2) is 0 Å². The number of amides is 1. The molecule has 3 rings (SSSR count). The molecule has 3 aromatic rings. The number of aromatic nitrogens is 3. The third-order valence-corrected chi connectivity index (χ3v) is 4.36. The predicted molar refractivity (Wildman–Crippen MR) is 106 cm³/mol. The Hall–Kier alpha value is -3.03. The zero-order chi connectivity index (χ0) is 19.8. The van der Waals surface area contributed by atoms with Crippen molar-refractivity contribution in [1.29, 1.82) is 0 Å². The van der Waals surface area contributed by atoms with Crippen molar-refractivity contribution in [3.05, 3.63) is 72.4 Å². The summed E-state index contributed by atoms with van der Waals surface area (Å²) in [4.78, 5) is 12.2. The van der Waals surface area contributed by atoms with Crippen molar-refractivity contribution in [3.63, 3.8) is 0 Å². The molecule has 0 aliphatic heterocycles. The molecule has 0 radical (unpaired) electrons. The van der Waals surface area contributed by atoms with Crippen LogP contribution in [0.4, 0.5) is 0 Å². The second-order valence-electron chi connectivity index (χ2n) is 6.30. The van der Waals surface area contributed by atoms with E-state index in [1.807, 2.05) is 43.3 Å². The van der Waals surface area contributed by atoms with E-state index in [0.29, 0.717) is 18.7 Å². The number of benzene rings is 2. The predicted octanol–water partition coefficient (Wildman–Crippen LogP) is 2.14. The lowest BCUT2D eigenvalue weighted by atomic mass is 10.1. The topological polar surface area (TPSA) is 89.3 Å². The Morgan fingerprint density at radius 1 is 1.14 bits per heavy atom. The highest BCUT2D eigenvalue weighted by Gasteiger charge is 2.23. The van der Waals surface area contributed by atoms with Gasteiger partial charge in [-0.05, 0) is 19.1 Å². The molecule has 2 aromatic carbocycles. The minimum atomic E-state index is -0.888. The number of aliphatic hydroxyl groups excluding tert-OH is 1. The molecule has 28 heavy (non-hydrogen) atoms. The second-order valence-corrected chi connectivity index (χ2v) is 6.30. The van der Waals surface area contributed by atoms with Crippen LogP contribution in [0.3, 0.4) is 0 Å². The summed E-state index contributed by atoms with van der Waals surface area (Å²) in [7, 11) is 0. The summed E-state index contributed by atoms with van der Waals surface area (Å²) in [6, 6.07) is 18.7. The standard InChI is InChI=1S/C21H24N4O3/c1-2-28-20(19(26)14-22-21(27)17-11-7-4-8-12-17)15-25-18(13-23-24-25)16-9-5-3-6-10-16/h3-13,19-20,26H,2,14-15H2,1H3,(H,22,27)/t19-,20+/m0/s1. The van der Waals surface area contributed by atoms with Gasteiger partial charge in [0.05, 0.1) is 24.5 Å². The van der Waals surface area contributed by atoms with E-state index >= 15 is 0 Å². The number of aliphatic hydroxyl groups is 1. The van der Waals surface area contributed by atoms with Crippen molar-refractivity contribution in [2.45, 2.75) is 25.7 Å². The van der Waals surface area contributed by atoms with Gasteiger partial charge in [0, 0.05) is 24.3 Å². The van der Waals surface area contributed by atoms with Crippen LogP contribution in [0.5, 0.6) is 0 Å². The lowest BCUT2D eigenvalue weighted by Crippen LogP contribution is -2.42. The van der Waals surface area contributed by atoms with E-state index in [0.717, 1.165) is 11.3 Å². The van der Waals surface area contributed by atoms with E-state index in [-0.39, 0.29) is 12.5 Å². The Kier molecular flexibility index (Phi) is 6.89. The van der Waals surface area contributed by atoms with E-state index in [2.05, 4.69) is 15.6 Å². The first-order valence-corrected chi connectivity index (χ1v) is 9.26. The molecule has 7 heteroatoms. The fourth-order valence-corrected chi connectivity index (χ4v) is 2.92. The zero-order valence-corrected chi connectivity index (χ0v) is 15.7. The van der Waals surface area contributed by atoms with E-state index in [1.165, 1.54) is 0 Å². The molecular formula is C21H24N4O3. The first-order valence-electron chi connectivity index (χ1n) is 9.26. The number of ether oxygens (including phenoxy) is 1. The summed E-state index contributed by atoms with van der Waals surface area (Å²) in [5.41, 5.74) is 2.37. The minimum Gasteiger partial charge on any atom is -0.388 e. The Balaban J connectivity index is 1.65. The van der Waals surface area contributed by atoms with Gasteiger partial charge in [0.2, 0.25) is 0 Å². The number of nitrogens with zero attached hydrogens (tertiary/aromatic N) is 3. The van der Waals surface area contributed by atoms with Gasteiger partial charge >= 0.3 is 0 Å². The Morgan fingerprint density at radius 2 is 1.82 bits per heavy atom. The molecule has 146 valence electrons. The molecule has 0 aliphatic carbocycles. The van der Waals surface area contributed by atoms with Gasteiger partial charge in [-0.2, -0.15) is 0 Å². The lowest BCUT2D eigenvalue weighted by molar-refractivity contribution is -0.0409. The summed E-state index contributed by atoms with van der Waals surface area (Å²) in [5.74, 6) is -0.236. The summed E-state index contributed by atoms with van der Waals surface area (Å²) >= 11 is 0. The molecule has 0 bridgehead atoms. The lowest BCUT2D eigenvalue weighted by Gasteiger charge is -2.23. The molecule has 7 nitrogen and oxygen atoms in total. The van der Waals surface area contributed by atoms with Crippen LogP contribution in [0.1, 0.15) is 17.3 Å². The Labute approximate surface area is 164 Å². The Bertz CT molecular complexity index is 868. The molecule has 1 aromatic heterocycles. The molecule has 0 saturated carbocycles. The third-order valence-electron chi connectivity index (χ3n) is 4.36. The van der Waals surface area contributed by atoms with Crippen molar-refractivity contribution in [2.75, 3.05) is 13.2 Å². The molecule has 1 amide bonds. The monoisotopic (exact) mass is 380 g/mol. The van der Waals surface area contributed by atoms with E-state index in [4.69, 9.17) is 4.74 Å². The molecular weight excluding hydrogens is 356 g/mol. The van der Waals surface area contributed by atoms with Gasteiger partial charge in [-0.1, -0.05) is 53.7 Å². The zero-order valence-electron chi connectivity index (χ0n) is 15.7. The van der Waals surface area contributed by atoms with Gasteiger partial charge in [0.25, 0.3) is 5.91 Å². The first-order chi connectivity index (χ1) is 13.7. The number of nitrogens with one attached hydrogen (secondary N) is 1. The van der Waals surface area contributed by atoms with Crippen LogP contribution in [-0.2, 0) is 11.3 Å². The van der Waals surface area contributed by atoms with Crippen LogP contribution < -0.4 is 5.32 Å². The van der Waals surface area contributed by atoms with Crippen molar-refractivity contribution in [2.24, 2.45) is 0 Å². The van der Waals surface area contributed by atoms with Crippen molar-refractivity contribution in [1.82, 2.24) is 20.3 Å². The van der Waals surface area contributed by atoms with Crippen molar-refractivity contribution in [3.8, 4) is 11.3 Å². The SMILES string of the molecule is CCO[C@H](Cn1nncc1-c1ccccc1)[C@@H](O)CNC(=O)c1ccccc1. The first kappa shape index (κ1) is 19.7. The van der Waals surface area contributed by atoms with Gasteiger partial charge < -0.3 is 15.2 Å². The highest BCUT2D eigenvalue weighted by molar-refractivity contribution is 5.94.